The molecule has 0 bridgehead atoms. The number of benzene rings is 10. The van der Waals surface area contributed by atoms with Gasteiger partial charge in [0, 0.05) is 25.7 Å². The molecule has 0 unspecified atom stereocenters. The average Bonchev–Trinajstić information content (AvgIpc) is 3.62. The summed E-state index contributed by atoms with van der Waals surface area (Å²) < 4.78 is 2.68. The molecule has 11 rings (SSSR count). The van der Waals surface area contributed by atoms with Gasteiger partial charge in [-0.2, -0.15) is 0 Å². The van der Waals surface area contributed by atoms with Crippen molar-refractivity contribution < 1.29 is 0 Å². The normalized spacial score (nSPS) is 11.8. The Balaban J connectivity index is 1.10. The van der Waals surface area contributed by atoms with Gasteiger partial charge in [0.25, 0.3) is 0 Å². The van der Waals surface area contributed by atoms with Crippen LogP contribution >= 0.6 is 11.3 Å². The first-order valence-corrected chi connectivity index (χ1v) is 19.1. The number of fused-ring (bicyclic) bond motifs is 8. The minimum atomic E-state index is 1.21. The van der Waals surface area contributed by atoms with Gasteiger partial charge in [0.15, 0.2) is 0 Å². The Morgan fingerprint density at radius 3 is 1.47 bits per heavy atom. The third-order valence-electron chi connectivity index (χ3n) is 11.1. The molecule has 11 aromatic rings. The summed E-state index contributed by atoms with van der Waals surface area (Å²) in [5.74, 6) is 0. The van der Waals surface area contributed by atoms with Crippen LogP contribution in [-0.2, 0) is 0 Å². The predicted octanol–water partition coefficient (Wildman–Crippen LogP) is 15.3. The highest BCUT2D eigenvalue weighted by molar-refractivity contribution is 7.26. The molecule has 0 fully saturated rings. The molecule has 1 heteroatoms. The van der Waals surface area contributed by atoms with Gasteiger partial charge in [-0.3, -0.25) is 0 Å². The molecule has 10 aromatic carbocycles. The third kappa shape index (κ3) is 4.68. The summed E-state index contributed by atoms with van der Waals surface area (Å²) in [6.07, 6.45) is 0. The van der Waals surface area contributed by atoms with Crippen molar-refractivity contribution in [1.82, 2.24) is 0 Å². The second-order valence-corrected chi connectivity index (χ2v) is 15.0. The van der Waals surface area contributed by atoms with E-state index in [0.717, 1.165) is 0 Å². The SMILES string of the molecule is c1ccc(-c2cc3ccccc3c3ccccc23)c(-c2ccc(-c3c4ccccc4c(-c4cccc5c4sc4ccccc45)c4ccccc34)cc2)c1. The van der Waals surface area contributed by atoms with Crippen molar-refractivity contribution in [3.8, 4) is 44.5 Å². The Morgan fingerprint density at radius 2 is 0.755 bits per heavy atom. The number of thiophene rings is 1. The summed E-state index contributed by atoms with van der Waals surface area (Å²) in [4.78, 5) is 0. The zero-order valence-corrected chi connectivity index (χ0v) is 29.7. The van der Waals surface area contributed by atoms with Gasteiger partial charge in [-0.05, 0) is 94.2 Å². The highest BCUT2D eigenvalue weighted by atomic mass is 32.1. The van der Waals surface area contributed by atoms with Crippen LogP contribution in [0.3, 0.4) is 0 Å². The van der Waals surface area contributed by atoms with Gasteiger partial charge >= 0.3 is 0 Å². The molecule has 0 spiro atoms. The van der Waals surface area contributed by atoms with E-state index in [-0.39, 0.29) is 0 Å². The second-order valence-electron chi connectivity index (χ2n) is 13.9. The highest BCUT2D eigenvalue weighted by Gasteiger charge is 2.20. The van der Waals surface area contributed by atoms with Crippen molar-refractivity contribution in [3.63, 3.8) is 0 Å². The van der Waals surface area contributed by atoms with E-state index < -0.39 is 0 Å². The molecule has 0 nitrogen and oxygen atoms in total. The summed E-state index contributed by atoms with van der Waals surface area (Å²) in [5.41, 5.74) is 10.1. The molecule has 0 amide bonds. The summed E-state index contributed by atoms with van der Waals surface area (Å²) in [5, 5.41) is 12.9. The molecule has 246 valence electrons. The predicted molar refractivity (Wildman–Crippen MR) is 231 cm³/mol. The lowest BCUT2D eigenvalue weighted by Gasteiger charge is -2.19. The zero-order valence-electron chi connectivity index (χ0n) is 28.9. The first-order chi connectivity index (χ1) is 26.3. The first kappa shape index (κ1) is 30.1. The van der Waals surface area contributed by atoms with Crippen molar-refractivity contribution in [1.29, 1.82) is 0 Å². The minimum Gasteiger partial charge on any atom is -0.135 e. The minimum absolute atomic E-state index is 1.21. The van der Waals surface area contributed by atoms with Gasteiger partial charge in [0.05, 0.1) is 0 Å². The van der Waals surface area contributed by atoms with E-state index >= 15 is 0 Å². The summed E-state index contributed by atoms with van der Waals surface area (Å²) >= 11 is 1.90. The van der Waals surface area contributed by atoms with Crippen molar-refractivity contribution in [2.45, 2.75) is 0 Å². The maximum atomic E-state index is 2.37. The van der Waals surface area contributed by atoms with Crippen molar-refractivity contribution in [3.05, 3.63) is 194 Å². The van der Waals surface area contributed by atoms with E-state index in [9.17, 15) is 0 Å². The molecule has 0 saturated carbocycles. The van der Waals surface area contributed by atoms with E-state index in [0.29, 0.717) is 0 Å². The first-order valence-electron chi connectivity index (χ1n) is 18.3. The van der Waals surface area contributed by atoms with Crippen molar-refractivity contribution in [2.75, 3.05) is 0 Å². The Labute approximate surface area is 311 Å². The van der Waals surface area contributed by atoms with E-state index in [1.807, 2.05) is 11.3 Å². The van der Waals surface area contributed by atoms with E-state index in [1.54, 1.807) is 0 Å². The third-order valence-corrected chi connectivity index (χ3v) is 12.3. The van der Waals surface area contributed by atoms with Gasteiger partial charge in [0.1, 0.15) is 0 Å². The van der Waals surface area contributed by atoms with Crippen LogP contribution in [0.4, 0.5) is 0 Å². The van der Waals surface area contributed by atoms with Crippen LogP contribution in [0.1, 0.15) is 0 Å². The average molecular weight is 689 g/mol. The van der Waals surface area contributed by atoms with Crippen LogP contribution in [-0.4, -0.2) is 0 Å². The highest BCUT2D eigenvalue weighted by Crippen LogP contribution is 2.48. The fourth-order valence-electron chi connectivity index (χ4n) is 8.74. The molecule has 0 radical (unpaired) electrons. The topological polar surface area (TPSA) is 0 Å². The van der Waals surface area contributed by atoms with Gasteiger partial charge < -0.3 is 0 Å². The van der Waals surface area contributed by atoms with E-state index in [2.05, 4.69) is 194 Å². The largest absolute Gasteiger partial charge is 0.135 e. The fraction of sp³-hybridized carbons (Fsp3) is 0. The van der Waals surface area contributed by atoms with Crippen LogP contribution in [0.5, 0.6) is 0 Å². The van der Waals surface area contributed by atoms with Crippen molar-refractivity contribution >= 4 is 74.6 Å². The van der Waals surface area contributed by atoms with Crippen LogP contribution < -0.4 is 0 Å². The van der Waals surface area contributed by atoms with E-state index in [4.69, 9.17) is 0 Å². The quantitative estimate of drug-likeness (QED) is 0.128. The molecule has 0 N–H and O–H groups in total. The van der Waals surface area contributed by atoms with Gasteiger partial charge in [-0.1, -0.05) is 182 Å². The van der Waals surface area contributed by atoms with Crippen LogP contribution in [0, 0.1) is 0 Å². The molecular formula is C52H32S. The summed E-state index contributed by atoms with van der Waals surface area (Å²) in [6.45, 7) is 0. The van der Waals surface area contributed by atoms with E-state index in [1.165, 1.54) is 108 Å². The smallest absolute Gasteiger partial charge is 0.0434 e. The number of rotatable bonds is 4. The molecular weight excluding hydrogens is 657 g/mol. The standard InChI is InChI=1S/C52H32S/c1-2-16-37-35(14-1)32-48(40-19-6-5-17-38(37)40)39-18-4-3-15-36(39)33-28-30-34(31-29-33)50-42-21-7-9-23-44(42)51(45-24-10-8-22-43(45)50)47-26-13-25-46-41-20-11-12-27-49(41)53-52(46)47/h1-32H. The number of hydrogen-bond donors (Lipinski definition) is 0. The van der Waals surface area contributed by atoms with Gasteiger partial charge in [-0.15, -0.1) is 11.3 Å². The summed E-state index contributed by atoms with van der Waals surface area (Å²) in [6, 6.07) is 71.6. The molecule has 0 aliphatic carbocycles. The Hall–Kier alpha value is -6.54. The van der Waals surface area contributed by atoms with Crippen LogP contribution in [0.2, 0.25) is 0 Å². The molecule has 53 heavy (non-hydrogen) atoms. The molecule has 0 atom stereocenters. The zero-order chi connectivity index (χ0) is 34.9. The maximum absolute atomic E-state index is 2.37. The van der Waals surface area contributed by atoms with Crippen molar-refractivity contribution in [2.24, 2.45) is 0 Å². The Bertz CT molecular complexity index is 3160. The summed E-state index contributed by atoms with van der Waals surface area (Å²) in [7, 11) is 0. The lowest BCUT2D eigenvalue weighted by Crippen LogP contribution is -1.91. The molecule has 1 heterocycles. The fourth-order valence-corrected chi connectivity index (χ4v) is 9.96. The van der Waals surface area contributed by atoms with Gasteiger partial charge in [-0.25, -0.2) is 0 Å². The second kappa shape index (κ2) is 12.0. The Morgan fingerprint density at radius 1 is 0.264 bits per heavy atom. The lowest BCUT2D eigenvalue weighted by molar-refractivity contribution is 1.60. The maximum Gasteiger partial charge on any atom is 0.0434 e. The Kier molecular flexibility index (Phi) is 6.83. The molecule has 0 aliphatic heterocycles. The monoisotopic (exact) mass is 688 g/mol. The van der Waals surface area contributed by atoms with Crippen LogP contribution in [0.25, 0.3) is 108 Å². The van der Waals surface area contributed by atoms with Crippen LogP contribution in [0.15, 0.2) is 194 Å². The molecule has 0 saturated heterocycles. The molecule has 1 aromatic heterocycles. The number of hydrogen-bond acceptors (Lipinski definition) is 1. The molecule has 0 aliphatic rings. The lowest BCUT2D eigenvalue weighted by atomic mass is 9.85. The van der Waals surface area contributed by atoms with Gasteiger partial charge in [0.2, 0.25) is 0 Å².